The number of methoxy groups -OCH3 is 1. The summed E-state index contributed by atoms with van der Waals surface area (Å²) in [6.45, 7) is 8.39. The van der Waals surface area contributed by atoms with Gasteiger partial charge in [-0.1, -0.05) is 17.2 Å². The first-order valence-corrected chi connectivity index (χ1v) is 6.93. The average molecular weight is 266 g/mol. The van der Waals surface area contributed by atoms with Crippen LogP contribution in [0.15, 0.2) is 23.3 Å². The van der Waals surface area contributed by atoms with Crippen molar-refractivity contribution in [3.63, 3.8) is 0 Å². The van der Waals surface area contributed by atoms with Crippen molar-refractivity contribution in [1.29, 1.82) is 0 Å². The standard InChI is InChI=1S/C16H26O3/c1-12(9-10-14-16(3,4)19-14)7-6-8-13(2)11-15(17)18-5/h7,11,14H,6,8-10H2,1-5H3/b12-7-,13-11-/t14-/m0/s1. The van der Waals surface area contributed by atoms with Crippen molar-refractivity contribution in [2.24, 2.45) is 0 Å². The maximum Gasteiger partial charge on any atom is 0.330 e. The molecule has 0 N–H and O–H groups in total. The van der Waals surface area contributed by atoms with Crippen LogP contribution in [0.25, 0.3) is 0 Å². The van der Waals surface area contributed by atoms with Crippen molar-refractivity contribution in [3.05, 3.63) is 23.3 Å². The van der Waals surface area contributed by atoms with E-state index in [1.807, 2.05) is 6.92 Å². The lowest BCUT2D eigenvalue weighted by molar-refractivity contribution is -0.134. The van der Waals surface area contributed by atoms with Gasteiger partial charge in [0.05, 0.1) is 18.8 Å². The van der Waals surface area contributed by atoms with Gasteiger partial charge in [0.25, 0.3) is 0 Å². The van der Waals surface area contributed by atoms with Crippen LogP contribution < -0.4 is 0 Å². The molecule has 3 nitrogen and oxygen atoms in total. The molecule has 1 aliphatic rings. The second-order valence-corrected chi connectivity index (χ2v) is 5.85. The third-order valence-electron chi connectivity index (χ3n) is 3.56. The van der Waals surface area contributed by atoms with Gasteiger partial charge in [-0.05, 0) is 53.4 Å². The molecule has 0 aromatic rings. The van der Waals surface area contributed by atoms with E-state index in [1.165, 1.54) is 12.7 Å². The molecule has 3 heteroatoms. The van der Waals surface area contributed by atoms with E-state index in [2.05, 4.69) is 31.6 Å². The van der Waals surface area contributed by atoms with Crippen LogP contribution in [-0.4, -0.2) is 24.8 Å². The zero-order valence-electron chi connectivity index (χ0n) is 12.8. The fraction of sp³-hybridized carbons (Fsp3) is 0.688. The number of carbonyl (C=O) groups excluding carboxylic acids is 1. The molecule has 0 spiro atoms. The third kappa shape index (κ3) is 6.06. The Morgan fingerprint density at radius 1 is 1.26 bits per heavy atom. The molecule has 0 aromatic heterocycles. The lowest BCUT2D eigenvalue weighted by Gasteiger charge is -2.02. The maximum absolute atomic E-state index is 11.0. The molecular formula is C16H26O3. The van der Waals surface area contributed by atoms with E-state index >= 15 is 0 Å². The maximum atomic E-state index is 11.0. The minimum Gasteiger partial charge on any atom is -0.466 e. The van der Waals surface area contributed by atoms with Crippen LogP contribution in [0.1, 0.15) is 53.4 Å². The summed E-state index contributed by atoms with van der Waals surface area (Å²) < 4.78 is 10.2. The van der Waals surface area contributed by atoms with E-state index in [-0.39, 0.29) is 11.6 Å². The monoisotopic (exact) mass is 266 g/mol. The Balaban J connectivity index is 2.21. The molecule has 1 atom stereocenters. The first kappa shape index (κ1) is 16.0. The SMILES string of the molecule is COC(=O)/C=C(/C)CC/C=C(/C)CC[C@@H]1OC1(C)C. The van der Waals surface area contributed by atoms with Gasteiger partial charge in [-0.15, -0.1) is 0 Å². The average Bonchev–Trinajstić information content (AvgIpc) is 2.94. The fourth-order valence-corrected chi connectivity index (χ4v) is 2.08. The molecule has 0 unspecified atom stereocenters. The lowest BCUT2D eigenvalue weighted by atomic mass is 10.0. The summed E-state index contributed by atoms with van der Waals surface area (Å²) in [5, 5.41) is 0. The molecule has 1 aliphatic heterocycles. The Morgan fingerprint density at radius 3 is 2.42 bits per heavy atom. The smallest absolute Gasteiger partial charge is 0.330 e. The van der Waals surface area contributed by atoms with Crippen LogP contribution in [0.3, 0.4) is 0 Å². The van der Waals surface area contributed by atoms with Crippen molar-refractivity contribution in [2.75, 3.05) is 7.11 Å². The molecule has 108 valence electrons. The summed E-state index contributed by atoms with van der Waals surface area (Å²) in [7, 11) is 1.40. The fourth-order valence-electron chi connectivity index (χ4n) is 2.08. The Labute approximate surface area is 116 Å². The second-order valence-electron chi connectivity index (χ2n) is 5.85. The molecule has 0 amide bonds. The zero-order chi connectivity index (χ0) is 14.5. The van der Waals surface area contributed by atoms with Gasteiger partial charge in [0.2, 0.25) is 0 Å². The molecule has 1 saturated heterocycles. The van der Waals surface area contributed by atoms with E-state index in [1.54, 1.807) is 6.08 Å². The first-order valence-electron chi connectivity index (χ1n) is 6.93. The first-order chi connectivity index (χ1) is 8.85. The summed E-state index contributed by atoms with van der Waals surface area (Å²) in [5.74, 6) is -0.272. The molecule has 1 heterocycles. The van der Waals surface area contributed by atoms with Crippen molar-refractivity contribution < 1.29 is 14.3 Å². The molecule has 1 fully saturated rings. The van der Waals surface area contributed by atoms with Crippen LogP contribution in [0.5, 0.6) is 0 Å². The lowest BCUT2D eigenvalue weighted by Crippen LogP contribution is -2.02. The van der Waals surface area contributed by atoms with Gasteiger partial charge < -0.3 is 9.47 Å². The summed E-state index contributed by atoms with van der Waals surface area (Å²) in [5.41, 5.74) is 2.56. The second kappa shape index (κ2) is 6.90. The van der Waals surface area contributed by atoms with E-state index in [0.29, 0.717) is 6.10 Å². The number of hydrogen-bond acceptors (Lipinski definition) is 3. The molecule has 0 saturated carbocycles. The van der Waals surface area contributed by atoms with Crippen molar-refractivity contribution >= 4 is 5.97 Å². The Kier molecular flexibility index (Phi) is 5.80. The molecular weight excluding hydrogens is 240 g/mol. The van der Waals surface area contributed by atoms with Crippen LogP contribution in [0.2, 0.25) is 0 Å². The topological polar surface area (TPSA) is 38.8 Å². The molecule has 1 rings (SSSR count). The highest BCUT2D eigenvalue weighted by atomic mass is 16.6. The predicted octanol–water partition coefficient (Wildman–Crippen LogP) is 3.79. The Morgan fingerprint density at radius 2 is 1.89 bits per heavy atom. The number of carbonyl (C=O) groups is 1. The van der Waals surface area contributed by atoms with Crippen LogP contribution >= 0.6 is 0 Å². The minimum absolute atomic E-state index is 0.0973. The number of rotatable bonds is 7. The molecule has 0 radical (unpaired) electrons. The number of hydrogen-bond donors (Lipinski definition) is 0. The van der Waals surface area contributed by atoms with E-state index in [4.69, 9.17) is 4.74 Å². The summed E-state index contributed by atoms with van der Waals surface area (Å²) in [6.07, 6.45) is 8.31. The van der Waals surface area contributed by atoms with Gasteiger partial charge in [0, 0.05) is 6.08 Å². The van der Waals surface area contributed by atoms with E-state index in [0.717, 1.165) is 31.3 Å². The number of allylic oxidation sites excluding steroid dienone is 3. The summed E-state index contributed by atoms with van der Waals surface area (Å²) in [6, 6.07) is 0. The van der Waals surface area contributed by atoms with Gasteiger partial charge in [-0.25, -0.2) is 4.79 Å². The van der Waals surface area contributed by atoms with Gasteiger partial charge in [0.15, 0.2) is 0 Å². The van der Waals surface area contributed by atoms with E-state index < -0.39 is 0 Å². The molecule has 19 heavy (non-hydrogen) atoms. The number of epoxide rings is 1. The van der Waals surface area contributed by atoms with Gasteiger partial charge >= 0.3 is 5.97 Å². The Hall–Kier alpha value is -1.09. The molecule has 0 bridgehead atoms. The highest BCUT2D eigenvalue weighted by Gasteiger charge is 2.46. The molecule has 0 aromatic carbocycles. The highest BCUT2D eigenvalue weighted by Crippen LogP contribution is 2.38. The number of esters is 1. The molecule has 0 aliphatic carbocycles. The predicted molar refractivity (Wildman–Crippen MR) is 77.0 cm³/mol. The van der Waals surface area contributed by atoms with Crippen molar-refractivity contribution in [1.82, 2.24) is 0 Å². The summed E-state index contributed by atoms with van der Waals surface area (Å²) >= 11 is 0. The van der Waals surface area contributed by atoms with Crippen LogP contribution in [0.4, 0.5) is 0 Å². The van der Waals surface area contributed by atoms with Crippen LogP contribution in [0, 0.1) is 0 Å². The van der Waals surface area contributed by atoms with E-state index in [9.17, 15) is 4.79 Å². The third-order valence-corrected chi connectivity index (χ3v) is 3.56. The van der Waals surface area contributed by atoms with Crippen molar-refractivity contribution in [3.8, 4) is 0 Å². The van der Waals surface area contributed by atoms with Gasteiger partial charge in [0.1, 0.15) is 0 Å². The van der Waals surface area contributed by atoms with Gasteiger partial charge in [-0.3, -0.25) is 0 Å². The van der Waals surface area contributed by atoms with Crippen molar-refractivity contribution in [2.45, 2.75) is 65.1 Å². The quantitative estimate of drug-likeness (QED) is 0.304. The number of ether oxygens (including phenoxy) is 2. The van der Waals surface area contributed by atoms with Crippen LogP contribution in [-0.2, 0) is 14.3 Å². The Bertz CT molecular complexity index is 377. The largest absolute Gasteiger partial charge is 0.466 e. The zero-order valence-corrected chi connectivity index (χ0v) is 12.8. The highest BCUT2D eigenvalue weighted by molar-refractivity contribution is 5.82. The minimum atomic E-state index is -0.272. The van der Waals surface area contributed by atoms with Gasteiger partial charge in [-0.2, -0.15) is 0 Å². The summed E-state index contributed by atoms with van der Waals surface area (Å²) in [4.78, 5) is 11.0. The normalized spacial score (nSPS) is 22.3.